The summed E-state index contributed by atoms with van der Waals surface area (Å²) in [5.41, 5.74) is 3.22. The molecule has 0 saturated heterocycles. The van der Waals surface area contributed by atoms with Crippen LogP contribution in [0.5, 0.6) is 5.75 Å². The third-order valence-corrected chi connectivity index (χ3v) is 6.75. The van der Waals surface area contributed by atoms with Gasteiger partial charge < -0.3 is 4.74 Å². The Kier molecular flexibility index (Phi) is 7.08. The molecule has 0 atom stereocenters. The highest BCUT2D eigenvalue weighted by Crippen LogP contribution is 2.46. The molecule has 27 heavy (non-hydrogen) atoms. The van der Waals surface area contributed by atoms with Gasteiger partial charge >= 0.3 is 0 Å². The van der Waals surface area contributed by atoms with E-state index in [0.717, 1.165) is 22.3 Å². The molecule has 4 heteroatoms. The zero-order valence-corrected chi connectivity index (χ0v) is 18.0. The molecule has 0 saturated carbocycles. The number of ether oxygens (including phenoxy) is 1. The summed E-state index contributed by atoms with van der Waals surface area (Å²) in [6, 6.07) is 20.8. The molecule has 142 valence electrons. The first-order valence-electron chi connectivity index (χ1n) is 9.40. The van der Waals surface area contributed by atoms with Crippen molar-refractivity contribution in [2.75, 3.05) is 0 Å². The summed E-state index contributed by atoms with van der Waals surface area (Å²) in [4.78, 5) is 4.73. The first-order chi connectivity index (χ1) is 13.0. The summed E-state index contributed by atoms with van der Waals surface area (Å²) in [6.45, 7) is 9.48. The van der Waals surface area contributed by atoms with E-state index in [9.17, 15) is 0 Å². The number of fused-ring (bicyclic) bond motifs is 1. The Morgan fingerprint density at radius 1 is 0.815 bits per heavy atom. The van der Waals surface area contributed by atoms with Crippen LogP contribution in [0.4, 0.5) is 0 Å². The lowest BCUT2D eigenvalue weighted by atomic mass is 10.2. The minimum Gasteiger partial charge on any atom is -0.487 e. The molecule has 2 nitrogen and oxygen atoms in total. The second-order valence-electron chi connectivity index (χ2n) is 7.02. The monoisotopic (exact) mass is 397 g/mol. The van der Waals surface area contributed by atoms with Gasteiger partial charge in [0.2, 0.25) is 0 Å². The lowest BCUT2D eigenvalue weighted by Gasteiger charge is -2.23. The fourth-order valence-electron chi connectivity index (χ4n) is 2.82. The van der Waals surface area contributed by atoms with Gasteiger partial charge in [0.15, 0.2) is 0 Å². The molecule has 2 aromatic carbocycles. The molecule has 1 aromatic heterocycles. The Bertz CT molecular complexity index is 869. The first-order valence-corrected chi connectivity index (χ1v) is 11.3. The summed E-state index contributed by atoms with van der Waals surface area (Å²) < 4.78 is 6.59. The van der Waals surface area contributed by atoms with Crippen molar-refractivity contribution in [1.29, 1.82) is 0 Å². The lowest BCUT2D eigenvalue weighted by Crippen LogP contribution is -2.04. The third-order valence-electron chi connectivity index (χ3n) is 4.00. The number of rotatable bonds is 8. The number of pyridine rings is 1. The Morgan fingerprint density at radius 3 is 2.22 bits per heavy atom. The molecule has 3 aromatic rings. The van der Waals surface area contributed by atoms with Gasteiger partial charge in [-0.05, 0) is 18.2 Å². The van der Waals surface area contributed by atoms with Crippen molar-refractivity contribution in [2.24, 2.45) is 0 Å². The maximum absolute atomic E-state index is 6.23. The largest absolute Gasteiger partial charge is 0.487 e. The third kappa shape index (κ3) is 5.66. The van der Waals surface area contributed by atoms with Crippen LogP contribution in [-0.2, 0) is 6.61 Å². The molecule has 3 rings (SSSR count). The Labute approximate surface area is 171 Å². The van der Waals surface area contributed by atoms with E-state index >= 15 is 0 Å². The van der Waals surface area contributed by atoms with Gasteiger partial charge in [-0.2, -0.15) is 0 Å². The molecular formula is C23H27NOS2. The number of nitrogens with zero attached hydrogens (tertiary/aromatic N) is 1. The highest BCUT2D eigenvalue weighted by Gasteiger charge is 2.20. The molecule has 0 radical (unpaired) electrons. The fourth-order valence-corrected chi connectivity index (χ4v) is 6.08. The minimum atomic E-state index is 0.366. The quantitative estimate of drug-likeness (QED) is 0.378. The normalized spacial score (nSPS) is 11.7. The van der Waals surface area contributed by atoms with Crippen LogP contribution in [0.15, 0.2) is 60.7 Å². The zero-order chi connectivity index (χ0) is 19.2. The fraction of sp³-hybridized carbons (Fsp3) is 0.348. The molecule has 0 spiro atoms. The van der Waals surface area contributed by atoms with E-state index in [-0.39, 0.29) is 0 Å². The number of hydrogen-bond acceptors (Lipinski definition) is 4. The number of aromatic nitrogens is 1. The van der Waals surface area contributed by atoms with E-state index in [0.29, 0.717) is 21.7 Å². The summed E-state index contributed by atoms with van der Waals surface area (Å²) in [6.07, 6.45) is 0. The van der Waals surface area contributed by atoms with E-state index in [4.69, 9.17) is 9.72 Å². The number of benzene rings is 2. The maximum atomic E-state index is 6.23. The SMILES string of the molecule is CC(C)SC(SC(C)C)c1ccccc1OCc1ccc2ccccc2n1. The molecule has 0 amide bonds. The number of para-hydroxylation sites is 2. The molecule has 0 N–H and O–H groups in total. The van der Waals surface area contributed by atoms with Gasteiger partial charge in [-0.25, -0.2) is 4.98 Å². The second-order valence-corrected chi connectivity index (χ2v) is 10.7. The van der Waals surface area contributed by atoms with Crippen molar-refractivity contribution < 1.29 is 4.74 Å². The van der Waals surface area contributed by atoms with E-state index in [1.165, 1.54) is 5.56 Å². The van der Waals surface area contributed by atoms with Crippen molar-refractivity contribution in [3.8, 4) is 5.75 Å². The van der Waals surface area contributed by atoms with E-state index < -0.39 is 0 Å². The number of thioether (sulfide) groups is 2. The highest BCUT2D eigenvalue weighted by molar-refractivity contribution is 8.16. The summed E-state index contributed by atoms with van der Waals surface area (Å²) in [5, 5.41) is 2.29. The summed E-state index contributed by atoms with van der Waals surface area (Å²) in [5.74, 6) is 0.957. The smallest absolute Gasteiger partial charge is 0.130 e. The summed E-state index contributed by atoms with van der Waals surface area (Å²) >= 11 is 3.97. The standard InChI is InChI=1S/C23H27NOS2/c1-16(2)26-23(27-17(3)4)20-10-6-8-12-22(20)25-15-19-14-13-18-9-5-7-11-21(18)24-19/h5-14,16-17,23H,15H2,1-4H3. The van der Waals surface area contributed by atoms with Gasteiger partial charge in [0, 0.05) is 21.4 Å². The maximum Gasteiger partial charge on any atom is 0.130 e. The molecule has 0 aliphatic carbocycles. The Hall–Kier alpha value is -1.65. The van der Waals surface area contributed by atoms with Gasteiger partial charge in [0.1, 0.15) is 12.4 Å². The molecule has 0 bridgehead atoms. The second kappa shape index (κ2) is 9.52. The summed E-state index contributed by atoms with van der Waals surface area (Å²) in [7, 11) is 0. The van der Waals surface area contributed by atoms with Crippen LogP contribution < -0.4 is 4.74 Å². The van der Waals surface area contributed by atoms with Crippen LogP contribution in [0.2, 0.25) is 0 Å². The highest BCUT2D eigenvalue weighted by atomic mass is 32.2. The Balaban J connectivity index is 1.79. The molecule has 0 aliphatic heterocycles. The van der Waals surface area contributed by atoms with Crippen LogP contribution in [-0.4, -0.2) is 15.5 Å². The average Bonchev–Trinajstić information content (AvgIpc) is 2.65. The molecule has 0 unspecified atom stereocenters. The predicted octanol–water partition coefficient (Wildman–Crippen LogP) is 7.10. The van der Waals surface area contributed by atoms with Crippen molar-refractivity contribution in [2.45, 2.75) is 49.4 Å². The Morgan fingerprint density at radius 2 is 1.48 bits per heavy atom. The van der Waals surface area contributed by atoms with Crippen LogP contribution in [0.25, 0.3) is 10.9 Å². The van der Waals surface area contributed by atoms with Gasteiger partial charge in [-0.3, -0.25) is 0 Å². The minimum absolute atomic E-state index is 0.366. The van der Waals surface area contributed by atoms with Gasteiger partial charge in [0.25, 0.3) is 0 Å². The molecule has 1 heterocycles. The van der Waals surface area contributed by atoms with Crippen molar-refractivity contribution in [3.05, 3.63) is 71.9 Å². The van der Waals surface area contributed by atoms with Crippen LogP contribution in [0.3, 0.4) is 0 Å². The van der Waals surface area contributed by atoms with Crippen molar-refractivity contribution >= 4 is 34.4 Å². The first kappa shape index (κ1) is 20.1. The number of hydrogen-bond donors (Lipinski definition) is 0. The van der Waals surface area contributed by atoms with Gasteiger partial charge in [0.05, 0.1) is 15.8 Å². The van der Waals surface area contributed by atoms with Crippen LogP contribution in [0, 0.1) is 0 Å². The predicted molar refractivity (Wildman–Crippen MR) is 121 cm³/mol. The van der Waals surface area contributed by atoms with Crippen molar-refractivity contribution in [1.82, 2.24) is 4.98 Å². The molecular weight excluding hydrogens is 370 g/mol. The molecule has 0 fully saturated rings. The van der Waals surface area contributed by atoms with E-state index in [2.05, 4.69) is 58.0 Å². The van der Waals surface area contributed by atoms with Gasteiger partial charge in [-0.1, -0.05) is 70.2 Å². The molecule has 0 aliphatic rings. The zero-order valence-electron chi connectivity index (χ0n) is 16.4. The van der Waals surface area contributed by atoms with Gasteiger partial charge in [-0.15, -0.1) is 23.5 Å². The average molecular weight is 398 g/mol. The van der Waals surface area contributed by atoms with Crippen LogP contribution in [0.1, 0.15) is 43.5 Å². The topological polar surface area (TPSA) is 22.1 Å². The van der Waals surface area contributed by atoms with E-state index in [1.54, 1.807) is 0 Å². The van der Waals surface area contributed by atoms with Crippen molar-refractivity contribution in [3.63, 3.8) is 0 Å². The lowest BCUT2D eigenvalue weighted by molar-refractivity contribution is 0.299. The van der Waals surface area contributed by atoms with Crippen LogP contribution >= 0.6 is 23.5 Å². The van der Waals surface area contributed by atoms with E-state index in [1.807, 2.05) is 53.9 Å².